The Balaban J connectivity index is -0.000000249. The van der Waals surface area contributed by atoms with Crippen molar-refractivity contribution < 1.29 is 27.0 Å². The smallest absolute Gasteiger partial charge is 0.303 e. The molecule has 5 heteroatoms. The monoisotopic (exact) mass is 267 g/mol. The Morgan fingerprint density at radius 3 is 1.87 bits per heavy atom. The van der Waals surface area contributed by atoms with Crippen LogP contribution in [0.4, 0.5) is 0 Å². The van der Waals surface area contributed by atoms with Gasteiger partial charge in [0.2, 0.25) is 0 Å². The van der Waals surface area contributed by atoms with E-state index in [0.717, 1.165) is 12.8 Å². The first kappa shape index (κ1) is 20.3. The molecule has 97 valence electrons. The van der Waals surface area contributed by atoms with Gasteiger partial charge in [0.1, 0.15) is 0 Å². The summed E-state index contributed by atoms with van der Waals surface area (Å²) in [4.78, 5) is 10.0. The topological polar surface area (TPSA) is 89.3 Å². The molecule has 0 heterocycles. The molecule has 0 aliphatic rings. The maximum absolute atomic E-state index is 10.0. The molecule has 0 aromatic carbocycles. The maximum Gasteiger partial charge on any atom is 0.303 e. The fourth-order valence-corrected chi connectivity index (χ4v) is 0.880. The van der Waals surface area contributed by atoms with Crippen molar-refractivity contribution in [3.8, 4) is 0 Å². The summed E-state index contributed by atoms with van der Waals surface area (Å²) in [6.45, 7) is 3.34. The summed E-state index contributed by atoms with van der Waals surface area (Å²) in [7, 11) is 0. The van der Waals surface area contributed by atoms with Gasteiger partial charge in [0, 0.05) is 36.6 Å². The summed E-state index contributed by atoms with van der Waals surface area (Å²) in [6.07, 6.45) is 5.88. The summed E-state index contributed by atoms with van der Waals surface area (Å²) < 4.78 is 0. The Hall–Kier alpha value is -0.0905. The van der Waals surface area contributed by atoms with E-state index in [1.807, 2.05) is 0 Å². The third-order valence-electron chi connectivity index (χ3n) is 1.66. The van der Waals surface area contributed by atoms with Crippen LogP contribution in [0.5, 0.6) is 0 Å². The summed E-state index contributed by atoms with van der Waals surface area (Å²) in [5.74, 6) is -0.670. The third-order valence-corrected chi connectivity index (χ3v) is 1.66. The van der Waals surface area contributed by atoms with Gasteiger partial charge in [-0.25, -0.2) is 0 Å². The molecular weight excluding hydrogens is 244 g/mol. The first-order valence-electron chi connectivity index (χ1n) is 5.30. The molecule has 4 nitrogen and oxygen atoms in total. The molecule has 0 aromatic rings. The van der Waals surface area contributed by atoms with Crippen LogP contribution in [-0.4, -0.2) is 24.2 Å². The molecule has 0 saturated heterocycles. The van der Waals surface area contributed by atoms with E-state index in [-0.39, 0.29) is 17.1 Å². The summed E-state index contributed by atoms with van der Waals surface area (Å²) in [5, 5.41) is 8.27. The first-order valence-corrected chi connectivity index (χ1v) is 5.30. The van der Waals surface area contributed by atoms with Crippen LogP contribution in [0, 0.1) is 0 Å². The molecule has 0 atom stereocenters. The Morgan fingerprint density at radius 1 is 1.07 bits per heavy atom. The number of hydrogen-bond donors (Lipinski definition) is 3. The van der Waals surface area contributed by atoms with E-state index in [4.69, 9.17) is 16.6 Å². The van der Waals surface area contributed by atoms with E-state index in [1.54, 1.807) is 0 Å². The van der Waals surface area contributed by atoms with Gasteiger partial charge in [0.15, 0.2) is 0 Å². The minimum atomic E-state index is -0.670. The van der Waals surface area contributed by atoms with Crippen molar-refractivity contribution in [2.45, 2.75) is 45.4 Å². The van der Waals surface area contributed by atoms with Crippen molar-refractivity contribution in [3.63, 3.8) is 0 Å². The van der Waals surface area contributed by atoms with Gasteiger partial charge in [-0.15, -0.1) is 0 Å². The first-order chi connectivity index (χ1) is 6.68. The van der Waals surface area contributed by atoms with Gasteiger partial charge in [-0.2, -0.15) is 0 Å². The second-order valence-electron chi connectivity index (χ2n) is 3.14. The third kappa shape index (κ3) is 31.5. The number of carboxylic acids is 1. The Labute approximate surface area is 103 Å². The Kier molecular flexibility index (Phi) is 26.4. The molecule has 0 aliphatic heterocycles. The van der Waals surface area contributed by atoms with Crippen LogP contribution in [0.15, 0.2) is 0 Å². The number of unbranched alkanes of at least 4 members (excludes halogenated alkanes) is 4. The van der Waals surface area contributed by atoms with Crippen molar-refractivity contribution >= 4 is 5.97 Å². The molecule has 1 radical (unpaired) electrons. The number of carboxylic acid groups (broad SMARTS) is 1. The summed E-state index contributed by atoms with van der Waals surface area (Å²) in [5.41, 5.74) is 9.81. The van der Waals surface area contributed by atoms with Crippen molar-refractivity contribution in [2.24, 2.45) is 11.5 Å². The molecule has 0 bridgehead atoms. The maximum atomic E-state index is 10.0. The largest absolute Gasteiger partial charge is 0.481 e. The average molecular weight is 268 g/mol. The summed E-state index contributed by atoms with van der Waals surface area (Å²) in [6, 6.07) is 0. The molecule has 15 heavy (non-hydrogen) atoms. The molecular formula is C10H24CuN2O2. The van der Waals surface area contributed by atoms with Crippen molar-refractivity contribution in [1.29, 1.82) is 0 Å². The van der Waals surface area contributed by atoms with E-state index >= 15 is 0 Å². The number of nitrogens with two attached hydrogens (primary N) is 2. The average Bonchev–Trinajstić information content (AvgIpc) is 2.18. The van der Waals surface area contributed by atoms with Gasteiger partial charge in [-0.3, -0.25) is 4.79 Å². The molecule has 0 saturated carbocycles. The van der Waals surface area contributed by atoms with E-state index in [2.05, 4.69) is 6.92 Å². The van der Waals surface area contributed by atoms with Crippen molar-refractivity contribution in [1.82, 2.24) is 0 Å². The molecule has 0 aromatic heterocycles. The fraction of sp³-hybridized carbons (Fsp3) is 0.900. The van der Waals surface area contributed by atoms with Crippen LogP contribution in [0.1, 0.15) is 45.4 Å². The molecule has 0 aliphatic carbocycles. The van der Waals surface area contributed by atoms with Crippen LogP contribution in [0.2, 0.25) is 0 Å². The number of hydrogen-bond acceptors (Lipinski definition) is 3. The fourth-order valence-electron chi connectivity index (χ4n) is 0.880. The van der Waals surface area contributed by atoms with E-state index in [1.165, 1.54) is 19.3 Å². The molecule has 0 rings (SSSR count). The molecule has 5 N–H and O–H groups in total. The second kappa shape index (κ2) is 19.5. The standard InChI is InChI=1S/C8H16O2.C2H8N2.Cu/c1-2-3-4-5-6-7-8(9)10;3-1-2-4;/h2-7H2,1H3,(H,9,10);1-4H2;. The Bertz CT molecular complexity index is 122. The van der Waals surface area contributed by atoms with Gasteiger partial charge in [-0.05, 0) is 6.42 Å². The van der Waals surface area contributed by atoms with Crippen LogP contribution < -0.4 is 11.5 Å². The number of carbonyl (C=O) groups is 1. The van der Waals surface area contributed by atoms with Gasteiger partial charge in [0.05, 0.1) is 0 Å². The molecule has 0 unspecified atom stereocenters. The van der Waals surface area contributed by atoms with Crippen molar-refractivity contribution in [3.05, 3.63) is 0 Å². The Morgan fingerprint density at radius 2 is 1.53 bits per heavy atom. The number of rotatable bonds is 7. The SMILES string of the molecule is CCCCCCCC(=O)O.NCCN.[Cu]. The quantitative estimate of drug-likeness (QED) is 0.480. The minimum absolute atomic E-state index is 0. The predicted molar refractivity (Wildman–Crippen MR) is 59.1 cm³/mol. The van der Waals surface area contributed by atoms with Gasteiger partial charge >= 0.3 is 5.97 Å². The van der Waals surface area contributed by atoms with Gasteiger partial charge < -0.3 is 16.6 Å². The molecule has 0 amide bonds. The zero-order chi connectivity index (χ0) is 11.2. The second-order valence-corrected chi connectivity index (χ2v) is 3.14. The van der Waals surface area contributed by atoms with Gasteiger partial charge in [0.25, 0.3) is 0 Å². The predicted octanol–water partition coefficient (Wildman–Crippen LogP) is 1.33. The minimum Gasteiger partial charge on any atom is -0.481 e. The number of aliphatic carboxylic acids is 1. The van der Waals surface area contributed by atoms with Crippen LogP contribution in [-0.2, 0) is 21.9 Å². The van der Waals surface area contributed by atoms with E-state index in [0.29, 0.717) is 19.5 Å². The summed E-state index contributed by atoms with van der Waals surface area (Å²) >= 11 is 0. The van der Waals surface area contributed by atoms with Crippen molar-refractivity contribution in [2.75, 3.05) is 13.1 Å². The zero-order valence-electron chi connectivity index (χ0n) is 9.47. The zero-order valence-corrected chi connectivity index (χ0v) is 10.4. The van der Waals surface area contributed by atoms with Crippen LogP contribution in [0.25, 0.3) is 0 Å². The molecule has 0 fully saturated rings. The van der Waals surface area contributed by atoms with Gasteiger partial charge in [-0.1, -0.05) is 32.6 Å². The molecule has 0 spiro atoms. The van der Waals surface area contributed by atoms with E-state index < -0.39 is 5.97 Å². The normalized spacial score (nSPS) is 8.47. The van der Waals surface area contributed by atoms with Crippen LogP contribution >= 0.6 is 0 Å². The van der Waals surface area contributed by atoms with Crippen LogP contribution in [0.3, 0.4) is 0 Å². The van der Waals surface area contributed by atoms with E-state index in [9.17, 15) is 4.79 Å².